The maximum Gasteiger partial charge on any atom is 0.241 e. The molecule has 4 aromatic carbocycles. The fraction of sp³-hybridized carbons (Fsp3) is 0.314. The lowest BCUT2D eigenvalue weighted by atomic mass is 9.82. The van der Waals surface area contributed by atoms with Gasteiger partial charge in [0.1, 0.15) is 11.6 Å². The van der Waals surface area contributed by atoms with Gasteiger partial charge in [-0.2, -0.15) is 4.98 Å². The van der Waals surface area contributed by atoms with Crippen molar-refractivity contribution in [2.75, 3.05) is 37.4 Å². The summed E-state index contributed by atoms with van der Waals surface area (Å²) < 4.78 is 34.5. The second kappa shape index (κ2) is 13.6. The Hall–Kier alpha value is -4.21. The van der Waals surface area contributed by atoms with Gasteiger partial charge >= 0.3 is 0 Å². The first-order valence-electron chi connectivity index (χ1n) is 15.3. The van der Waals surface area contributed by atoms with Crippen LogP contribution in [-0.4, -0.2) is 45.1 Å². The number of nitrogens with one attached hydrogen (secondary N) is 3. The number of rotatable bonds is 12. The minimum Gasteiger partial charge on any atom is -0.497 e. The second-order valence-electron chi connectivity index (χ2n) is 11.5. The number of fused-ring (bicyclic) bond motifs is 2. The molecule has 5 aromatic rings. The summed E-state index contributed by atoms with van der Waals surface area (Å²) in [5, 5.41) is 9.69. The van der Waals surface area contributed by atoms with Crippen LogP contribution in [-0.2, 0) is 16.4 Å². The van der Waals surface area contributed by atoms with Crippen LogP contribution in [0.1, 0.15) is 31.2 Å². The van der Waals surface area contributed by atoms with Crippen LogP contribution < -0.4 is 20.1 Å². The number of benzene rings is 4. The maximum absolute atomic E-state index is 13.2. The van der Waals surface area contributed by atoms with Crippen LogP contribution in [0.25, 0.3) is 21.7 Å². The van der Waals surface area contributed by atoms with Crippen molar-refractivity contribution < 1.29 is 13.2 Å². The predicted octanol–water partition coefficient (Wildman–Crippen LogP) is 6.64. The maximum atomic E-state index is 13.2. The van der Waals surface area contributed by atoms with Crippen molar-refractivity contribution >= 4 is 43.5 Å². The van der Waals surface area contributed by atoms with Gasteiger partial charge in [0.2, 0.25) is 16.0 Å². The largest absolute Gasteiger partial charge is 0.497 e. The van der Waals surface area contributed by atoms with E-state index < -0.39 is 10.0 Å². The van der Waals surface area contributed by atoms with Crippen molar-refractivity contribution in [1.82, 2.24) is 14.7 Å². The van der Waals surface area contributed by atoms with Crippen LogP contribution in [0.4, 0.5) is 11.8 Å². The molecule has 6 rings (SSSR count). The van der Waals surface area contributed by atoms with Crippen molar-refractivity contribution in [1.29, 1.82) is 0 Å². The average molecular weight is 610 g/mol. The molecule has 0 saturated heterocycles. The molecule has 3 N–H and O–H groups in total. The van der Waals surface area contributed by atoms with E-state index in [1.54, 1.807) is 19.2 Å². The van der Waals surface area contributed by atoms with Crippen LogP contribution in [0.5, 0.6) is 5.75 Å². The summed E-state index contributed by atoms with van der Waals surface area (Å²) in [6.45, 7) is 2.00. The lowest BCUT2D eigenvalue weighted by Gasteiger charge is -2.28. The van der Waals surface area contributed by atoms with Crippen LogP contribution >= 0.6 is 0 Å². The Kier molecular flexibility index (Phi) is 9.23. The SMILES string of the molecule is COc1ccc(CCNc2nc(NCC3CCC(CNS(=O)(=O)c4cccc5ccccc45)CC3)nc3ccccc23)cc1. The highest BCUT2D eigenvalue weighted by molar-refractivity contribution is 7.89. The fourth-order valence-electron chi connectivity index (χ4n) is 6.02. The number of methoxy groups -OCH3 is 1. The molecule has 1 aromatic heterocycles. The lowest BCUT2D eigenvalue weighted by Crippen LogP contribution is -2.32. The molecule has 8 nitrogen and oxygen atoms in total. The molecule has 0 spiro atoms. The molecule has 1 heterocycles. The molecule has 1 aliphatic rings. The van der Waals surface area contributed by atoms with Gasteiger partial charge < -0.3 is 15.4 Å². The number of hydrogen-bond acceptors (Lipinski definition) is 7. The number of aromatic nitrogens is 2. The third-order valence-electron chi connectivity index (χ3n) is 8.58. The number of nitrogens with zero attached hydrogens (tertiary/aromatic N) is 2. The molecule has 0 aliphatic heterocycles. The monoisotopic (exact) mass is 609 g/mol. The molecular formula is C35H39N5O3S. The van der Waals surface area contributed by atoms with Crippen LogP contribution in [0, 0.1) is 11.8 Å². The summed E-state index contributed by atoms with van der Waals surface area (Å²) in [4.78, 5) is 9.96. The van der Waals surface area contributed by atoms with E-state index in [0.29, 0.717) is 29.2 Å². The van der Waals surface area contributed by atoms with E-state index in [-0.39, 0.29) is 0 Å². The van der Waals surface area contributed by atoms with Crippen molar-refractivity contribution in [3.05, 3.63) is 96.6 Å². The molecule has 0 amide bonds. The van der Waals surface area contributed by atoms with Crippen LogP contribution in [0.2, 0.25) is 0 Å². The van der Waals surface area contributed by atoms with Gasteiger partial charge in [-0.05, 0) is 85.2 Å². The van der Waals surface area contributed by atoms with E-state index in [1.165, 1.54) is 5.56 Å². The highest BCUT2D eigenvalue weighted by Gasteiger charge is 2.24. The van der Waals surface area contributed by atoms with Gasteiger partial charge in [-0.1, -0.05) is 60.7 Å². The average Bonchev–Trinajstić information content (AvgIpc) is 3.07. The summed E-state index contributed by atoms with van der Waals surface area (Å²) in [6.07, 6.45) is 4.91. The van der Waals surface area contributed by atoms with Gasteiger partial charge in [0.15, 0.2) is 0 Å². The van der Waals surface area contributed by atoms with Crippen molar-refractivity contribution in [3.8, 4) is 5.75 Å². The van der Waals surface area contributed by atoms with Gasteiger partial charge in [-0.15, -0.1) is 0 Å². The first kappa shape index (κ1) is 29.8. The molecule has 0 atom stereocenters. The van der Waals surface area contributed by atoms with E-state index in [2.05, 4.69) is 27.5 Å². The number of ether oxygens (including phenoxy) is 1. The van der Waals surface area contributed by atoms with E-state index in [1.807, 2.05) is 66.7 Å². The van der Waals surface area contributed by atoms with E-state index in [4.69, 9.17) is 14.7 Å². The predicted molar refractivity (Wildman–Crippen MR) is 178 cm³/mol. The molecule has 228 valence electrons. The molecule has 44 heavy (non-hydrogen) atoms. The smallest absolute Gasteiger partial charge is 0.241 e. The summed E-state index contributed by atoms with van der Waals surface area (Å²) >= 11 is 0. The minimum atomic E-state index is -3.58. The quantitative estimate of drug-likeness (QED) is 0.146. The van der Waals surface area contributed by atoms with Gasteiger partial charge in [0, 0.05) is 30.4 Å². The van der Waals surface area contributed by atoms with Crippen molar-refractivity contribution in [2.45, 2.75) is 37.0 Å². The Morgan fingerprint density at radius 1 is 0.750 bits per heavy atom. The summed E-state index contributed by atoms with van der Waals surface area (Å²) in [5.41, 5.74) is 2.13. The van der Waals surface area contributed by atoms with E-state index in [9.17, 15) is 8.42 Å². The molecule has 0 radical (unpaired) electrons. The number of para-hydroxylation sites is 1. The van der Waals surface area contributed by atoms with Crippen LogP contribution in [0.15, 0.2) is 95.9 Å². The molecule has 0 unspecified atom stereocenters. The molecule has 1 aliphatic carbocycles. The summed E-state index contributed by atoms with van der Waals surface area (Å²) in [7, 11) is -1.91. The van der Waals surface area contributed by atoms with Gasteiger partial charge in [0.05, 0.1) is 17.5 Å². The molecule has 1 fully saturated rings. The molecule has 9 heteroatoms. The highest BCUT2D eigenvalue weighted by Crippen LogP contribution is 2.30. The first-order valence-corrected chi connectivity index (χ1v) is 16.8. The zero-order chi connectivity index (χ0) is 30.4. The summed E-state index contributed by atoms with van der Waals surface area (Å²) in [6, 6.07) is 29.2. The van der Waals surface area contributed by atoms with Gasteiger partial charge in [-0.25, -0.2) is 18.1 Å². The topological polar surface area (TPSA) is 105 Å². The minimum absolute atomic E-state index is 0.328. The lowest BCUT2D eigenvalue weighted by molar-refractivity contribution is 0.284. The fourth-order valence-corrected chi connectivity index (χ4v) is 7.36. The normalized spacial score (nSPS) is 17.0. The Morgan fingerprint density at radius 2 is 1.43 bits per heavy atom. The molecule has 1 saturated carbocycles. The second-order valence-corrected chi connectivity index (χ2v) is 13.3. The number of sulfonamides is 1. The third kappa shape index (κ3) is 7.11. The number of hydrogen-bond donors (Lipinski definition) is 3. The van der Waals surface area contributed by atoms with Crippen molar-refractivity contribution in [3.63, 3.8) is 0 Å². The van der Waals surface area contributed by atoms with Gasteiger partial charge in [-0.3, -0.25) is 0 Å². The molecule has 0 bridgehead atoms. The van der Waals surface area contributed by atoms with E-state index in [0.717, 1.165) is 78.4 Å². The Bertz CT molecular complexity index is 1820. The number of anilines is 2. The Labute approximate surface area is 259 Å². The molecular weight excluding hydrogens is 570 g/mol. The third-order valence-corrected chi connectivity index (χ3v) is 10.1. The van der Waals surface area contributed by atoms with E-state index >= 15 is 0 Å². The zero-order valence-corrected chi connectivity index (χ0v) is 25.8. The van der Waals surface area contributed by atoms with Gasteiger partial charge in [0.25, 0.3) is 0 Å². The first-order chi connectivity index (χ1) is 21.5. The highest BCUT2D eigenvalue weighted by atomic mass is 32.2. The standard InChI is InChI=1S/C35H39N5O3S/c1-43-29-19-17-25(18-20-29)21-22-36-34-31-10-4-5-11-32(31)39-35(40-34)37-23-26-13-15-27(16-14-26)24-38-44(41,42)33-12-6-8-28-7-2-3-9-30(28)33/h2-12,17-20,26-27,38H,13-16,21-24H2,1H3,(H2,36,37,39,40). The Morgan fingerprint density at radius 3 is 2.20 bits per heavy atom. The Balaban J connectivity index is 1.01. The van der Waals surface area contributed by atoms with Crippen molar-refractivity contribution in [2.24, 2.45) is 11.8 Å². The zero-order valence-electron chi connectivity index (χ0n) is 25.0. The van der Waals surface area contributed by atoms with Crippen LogP contribution in [0.3, 0.4) is 0 Å². The summed E-state index contributed by atoms with van der Waals surface area (Å²) in [5.74, 6) is 3.13.